The number of benzene rings is 2. The van der Waals surface area contributed by atoms with Gasteiger partial charge in [-0.15, -0.1) is 0 Å². The third-order valence-corrected chi connectivity index (χ3v) is 4.54. The third-order valence-electron chi connectivity index (χ3n) is 4.54. The van der Waals surface area contributed by atoms with Crippen LogP contribution in [0.25, 0.3) is 22.2 Å². The van der Waals surface area contributed by atoms with Crippen molar-refractivity contribution in [1.82, 2.24) is 10.3 Å². The van der Waals surface area contributed by atoms with E-state index < -0.39 is 0 Å². The van der Waals surface area contributed by atoms with E-state index in [2.05, 4.69) is 24.4 Å². The molecule has 0 fully saturated rings. The minimum Gasteiger partial charge on any atom is -0.496 e. The fourth-order valence-corrected chi connectivity index (χ4v) is 3.22. The Bertz CT molecular complexity index is 969. The number of carbonyl (C=O) groups excluding carboxylic acids is 1. The van der Waals surface area contributed by atoms with Crippen LogP contribution in [0.1, 0.15) is 25.0 Å². The summed E-state index contributed by atoms with van der Waals surface area (Å²) in [5.74, 6) is 0.492. The molecule has 28 heavy (non-hydrogen) atoms. The molecule has 0 bridgehead atoms. The van der Waals surface area contributed by atoms with Gasteiger partial charge in [-0.25, -0.2) is 4.98 Å². The molecule has 3 rings (SSSR count). The smallest absolute Gasteiger partial charge is 0.310 e. The van der Waals surface area contributed by atoms with Crippen LogP contribution >= 0.6 is 0 Å². The van der Waals surface area contributed by atoms with Gasteiger partial charge in [-0.2, -0.15) is 0 Å². The number of rotatable bonds is 8. The SMILES string of the molecule is CCNCc1cc2ccccc2nc1-c1cc(CC(=O)OCC)ccc1OC. The average molecular weight is 378 g/mol. The van der Waals surface area contributed by atoms with Crippen molar-refractivity contribution < 1.29 is 14.3 Å². The third kappa shape index (κ3) is 4.49. The first-order chi connectivity index (χ1) is 13.7. The van der Waals surface area contributed by atoms with Crippen molar-refractivity contribution in [2.75, 3.05) is 20.3 Å². The van der Waals surface area contributed by atoms with Crippen molar-refractivity contribution in [1.29, 1.82) is 0 Å². The van der Waals surface area contributed by atoms with Crippen LogP contribution in [-0.4, -0.2) is 31.2 Å². The van der Waals surface area contributed by atoms with E-state index in [1.165, 1.54) is 0 Å². The zero-order valence-corrected chi connectivity index (χ0v) is 16.6. The topological polar surface area (TPSA) is 60.5 Å². The number of methoxy groups -OCH3 is 1. The lowest BCUT2D eigenvalue weighted by Gasteiger charge is -2.15. The van der Waals surface area contributed by atoms with Crippen molar-refractivity contribution in [3.63, 3.8) is 0 Å². The molecular weight excluding hydrogens is 352 g/mol. The van der Waals surface area contributed by atoms with Crippen molar-refractivity contribution >= 4 is 16.9 Å². The number of hydrogen-bond donors (Lipinski definition) is 1. The van der Waals surface area contributed by atoms with Gasteiger partial charge in [-0.1, -0.05) is 31.2 Å². The Morgan fingerprint density at radius 1 is 1.11 bits per heavy atom. The molecule has 2 aromatic carbocycles. The predicted octanol–water partition coefficient (Wildman–Crippen LogP) is 4.13. The summed E-state index contributed by atoms with van der Waals surface area (Å²) in [5, 5.41) is 4.48. The first-order valence-electron chi connectivity index (χ1n) is 9.58. The first kappa shape index (κ1) is 19.8. The summed E-state index contributed by atoms with van der Waals surface area (Å²) < 4.78 is 10.7. The van der Waals surface area contributed by atoms with Gasteiger partial charge in [-0.3, -0.25) is 4.79 Å². The Morgan fingerprint density at radius 3 is 2.68 bits per heavy atom. The van der Waals surface area contributed by atoms with E-state index in [4.69, 9.17) is 14.5 Å². The van der Waals surface area contributed by atoms with Gasteiger partial charge >= 0.3 is 5.97 Å². The summed E-state index contributed by atoms with van der Waals surface area (Å²) in [6.07, 6.45) is 0.223. The number of pyridine rings is 1. The quantitative estimate of drug-likeness (QED) is 0.597. The van der Waals surface area contributed by atoms with Gasteiger partial charge in [-0.05, 0) is 48.9 Å². The minimum atomic E-state index is -0.238. The van der Waals surface area contributed by atoms with Crippen molar-refractivity contribution in [2.24, 2.45) is 0 Å². The molecule has 5 heteroatoms. The summed E-state index contributed by atoms with van der Waals surface area (Å²) in [6.45, 7) is 5.83. The van der Waals surface area contributed by atoms with Gasteiger partial charge < -0.3 is 14.8 Å². The Balaban J connectivity index is 2.11. The van der Waals surface area contributed by atoms with E-state index in [0.29, 0.717) is 13.2 Å². The molecule has 5 nitrogen and oxygen atoms in total. The highest BCUT2D eigenvalue weighted by Gasteiger charge is 2.16. The van der Waals surface area contributed by atoms with Crippen LogP contribution in [-0.2, 0) is 22.5 Å². The second-order valence-corrected chi connectivity index (χ2v) is 6.49. The number of nitrogens with zero attached hydrogens (tertiary/aromatic N) is 1. The lowest BCUT2D eigenvalue weighted by molar-refractivity contribution is -0.142. The second kappa shape index (κ2) is 9.33. The summed E-state index contributed by atoms with van der Waals surface area (Å²) in [4.78, 5) is 16.8. The highest BCUT2D eigenvalue weighted by atomic mass is 16.5. The second-order valence-electron chi connectivity index (χ2n) is 6.49. The molecule has 0 radical (unpaired) electrons. The van der Waals surface area contributed by atoms with Crippen LogP contribution in [0, 0.1) is 0 Å². The molecule has 1 heterocycles. The molecule has 0 saturated heterocycles. The maximum atomic E-state index is 11.9. The summed E-state index contributed by atoms with van der Waals surface area (Å²) >= 11 is 0. The van der Waals surface area contributed by atoms with Gasteiger partial charge in [0.15, 0.2) is 0 Å². The summed E-state index contributed by atoms with van der Waals surface area (Å²) in [6, 6.07) is 16.0. The van der Waals surface area contributed by atoms with Gasteiger partial charge in [0.2, 0.25) is 0 Å². The van der Waals surface area contributed by atoms with Crippen molar-refractivity contribution in [3.8, 4) is 17.0 Å². The summed E-state index contributed by atoms with van der Waals surface area (Å²) in [7, 11) is 1.65. The van der Waals surface area contributed by atoms with E-state index in [1.54, 1.807) is 7.11 Å². The monoisotopic (exact) mass is 378 g/mol. The normalized spacial score (nSPS) is 10.8. The predicted molar refractivity (Wildman–Crippen MR) is 111 cm³/mol. The molecule has 0 aliphatic carbocycles. The standard InChI is InChI=1S/C23H26N2O3/c1-4-24-15-18-14-17-8-6-7-9-20(17)25-23(18)19-12-16(10-11-21(19)27-3)13-22(26)28-5-2/h6-12,14,24H,4-5,13,15H2,1-3H3. The largest absolute Gasteiger partial charge is 0.496 e. The number of carbonyl (C=O) groups is 1. The van der Waals surface area contributed by atoms with E-state index in [1.807, 2.05) is 43.3 Å². The Labute approximate surface area is 165 Å². The molecule has 3 aromatic rings. The first-order valence-corrected chi connectivity index (χ1v) is 9.58. The number of fused-ring (bicyclic) bond motifs is 1. The van der Waals surface area contributed by atoms with E-state index >= 15 is 0 Å². The minimum absolute atomic E-state index is 0.223. The number of aromatic nitrogens is 1. The Hall–Kier alpha value is -2.92. The van der Waals surface area contributed by atoms with Gasteiger partial charge in [0.05, 0.1) is 31.3 Å². The number of ether oxygens (including phenoxy) is 2. The zero-order chi connectivity index (χ0) is 19.9. The number of hydrogen-bond acceptors (Lipinski definition) is 5. The lowest BCUT2D eigenvalue weighted by Crippen LogP contribution is -2.13. The fourth-order valence-electron chi connectivity index (χ4n) is 3.22. The molecule has 0 atom stereocenters. The van der Waals surface area contributed by atoms with Crippen LogP contribution in [0.15, 0.2) is 48.5 Å². The van der Waals surface area contributed by atoms with E-state index in [0.717, 1.165) is 45.6 Å². The van der Waals surface area contributed by atoms with Gasteiger partial charge in [0.25, 0.3) is 0 Å². The summed E-state index contributed by atoms with van der Waals surface area (Å²) in [5.41, 5.74) is 4.63. The Morgan fingerprint density at radius 2 is 1.93 bits per heavy atom. The molecule has 146 valence electrons. The van der Waals surface area contributed by atoms with Crippen molar-refractivity contribution in [3.05, 3.63) is 59.7 Å². The van der Waals surface area contributed by atoms with E-state index in [-0.39, 0.29) is 12.4 Å². The molecule has 0 unspecified atom stereocenters. The molecule has 0 aliphatic rings. The number of esters is 1. The highest BCUT2D eigenvalue weighted by Crippen LogP contribution is 2.34. The molecular formula is C23H26N2O3. The maximum Gasteiger partial charge on any atom is 0.310 e. The van der Waals surface area contributed by atoms with Crippen LogP contribution < -0.4 is 10.1 Å². The highest BCUT2D eigenvalue weighted by molar-refractivity contribution is 5.85. The molecule has 1 N–H and O–H groups in total. The fraction of sp³-hybridized carbons (Fsp3) is 0.304. The molecule has 0 aliphatic heterocycles. The number of nitrogens with one attached hydrogen (secondary N) is 1. The van der Waals surface area contributed by atoms with Crippen LogP contribution in [0.5, 0.6) is 5.75 Å². The Kier molecular flexibility index (Phi) is 6.61. The van der Waals surface area contributed by atoms with Gasteiger partial charge in [0, 0.05) is 17.5 Å². The van der Waals surface area contributed by atoms with E-state index in [9.17, 15) is 4.79 Å². The molecule has 0 amide bonds. The lowest BCUT2D eigenvalue weighted by atomic mass is 9.99. The average Bonchev–Trinajstić information content (AvgIpc) is 2.71. The molecule has 0 saturated carbocycles. The van der Waals surface area contributed by atoms with Crippen LogP contribution in [0.2, 0.25) is 0 Å². The van der Waals surface area contributed by atoms with Crippen LogP contribution in [0.4, 0.5) is 0 Å². The molecule has 0 spiro atoms. The van der Waals surface area contributed by atoms with Crippen molar-refractivity contribution in [2.45, 2.75) is 26.8 Å². The zero-order valence-electron chi connectivity index (χ0n) is 16.6. The van der Waals surface area contributed by atoms with Crippen LogP contribution in [0.3, 0.4) is 0 Å². The molecule has 1 aromatic heterocycles. The van der Waals surface area contributed by atoms with Gasteiger partial charge in [0.1, 0.15) is 5.75 Å². The maximum absolute atomic E-state index is 11.9. The number of para-hydroxylation sites is 1.